The van der Waals surface area contributed by atoms with E-state index in [4.69, 9.17) is 31.5 Å². The number of ether oxygens (including phenoxy) is 1. The zero-order valence-electron chi connectivity index (χ0n) is 46.5. The van der Waals surface area contributed by atoms with Gasteiger partial charge in [0, 0.05) is 88.8 Å². The van der Waals surface area contributed by atoms with Gasteiger partial charge in [0.1, 0.15) is 40.5 Å². The monoisotopic (exact) mass is 1070 g/mol. The molecule has 16 heteroatoms. The molecule has 0 saturated carbocycles. The number of hydrogen-bond donors (Lipinski definition) is 4. The molecule has 3 aromatic carbocycles. The second-order valence-corrected chi connectivity index (χ2v) is 19.7. The average Bonchev–Trinajstić information content (AvgIpc) is 4.02. The number of piperidine rings is 1. The van der Waals surface area contributed by atoms with Crippen molar-refractivity contribution in [3.05, 3.63) is 106 Å². The Hall–Kier alpha value is -5.97. The first-order chi connectivity index (χ1) is 36.3. The maximum Gasteiger partial charge on any atom is 0.163 e. The van der Waals surface area contributed by atoms with Gasteiger partial charge in [0.2, 0.25) is 0 Å². The molecule has 1 aliphatic rings. The van der Waals surface area contributed by atoms with Gasteiger partial charge in [0.15, 0.2) is 24.6 Å². The van der Waals surface area contributed by atoms with Gasteiger partial charge in [0.05, 0.1) is 11.1 Å². The maximum atomic E-state index is 11.8. The summed E-state index contributed by atoms with van der Waals surface area (Å²) in [5.74, 6) is 1.82. The number of imidazole rings is 1. The molecule has 4 heterocycles. The lowest BCUT2D eigenvalue weighted by Gasteiger charge is -2.33. The molecule has 0 aliphatic carbocycles. The Labute approximate surface area is 455 Å². The normalized spacial score (nSPS) is 12.1. The number of rotatable bonds is 19. The van der Waals surface area contributed by atoms with E-state index in [2.05, 4.69) is 103 Å². The van der Waals surface area contributed by atoms with Gasteiger partial charge in [0.25, 0.3) is 0 Å². The van der Waals surface area contributed by atoms with E-state index in [0.29, 0.717) is 53.7 Å². The van der Waals surface area contributed by atoms with Crippen molar-refractivity contribution in [2.75, 3.05) is 70.2 Å². The highest BCUT2D eigenvalue weighted by molar-refractivity contribution is 7.18. The van der Waals surface area contributed by atoms with Crippen LogP contribution in [-0.4, -0.2) is 112 Å². The summed E-state index contributed by atoms with van der Waals surface area (Å²) in [5.41, 5.74) is 12.2. The fourth-order valence-corrected chi connectivity index (χ4v) is 9.96. The second kappa shape index (κ2) is 36.9. The van der Waals surface area contributed by atoms with Crippen molar-refractivity contribution >= 4 is 88.0 Å². The average molecular weight is 1070 g/mol. The van der Waals surface area contributed by atoms with Crippen LogP contribution in [-0.2, 0) is 20.8 Å². The highest BCUT2D eigenvalue weighted by Gasteiger charge is 2.26. The molecule has 7 rings (SSSR count). The lowest BCUT2D eigenvalue weighted by molar-refractivity contribution is -0.110. The summed E-state index contributed by atoms with van der Waals surface area (Å²) in [7, 11) is 7.57. The van der Waals surface area contributed by atoms with Crippen LogP contribution in [0.2, 0.25) is 5.02 Å². The van der Waals surface area contributed by atoms with E-state index in [1.165, 1.54) is 34.9 Å². The molecule has 0 radical (unpaired) electrons. The van der Waals surface area contributed by atoms with Crippen LogP contribution in [0.5, 0.6) is 5.75 Å². The zero-order chi connectivity index (χ0) is 56.5. The number of nitrogens with zero attached hydrogens (tertiary/aromatic N) is 4. The molecule has 0 spiro atoms. The minimum atomic E-state index is -0.135. The summed E-state index contributed by atoms with van der Waals surface area (Å²) in [4.78, 5) is 63.4. The molecule has 1 unspecified atom stereocenters. The number of thiophene rings is 1. The van der Waals surface area contributed by atoms with E-state index < -0.39 is 0 Å². The topological polar surface area (TPSA) is 197 Å². The maximum absolute atomic E-state index is 11.8. The van der Waals surface area contributed by atoms with Crippen LogP contribution < -0.4 is 25.6 Å². The molecule has 412 valence electrons. The molecule has 5 N–H and O–H groups in total. The molecular weight excluding hydrogens is 988 g/mol. The molecule has 0 bridgehead atoms. The molecule has 14 nitrogen and oxygen atoms in total. The van der Waals surface area contributed by atoms with Gasteiger partial charge in [-0.2, -0.15) is 0 Å². The standard InChI is InChI=1S/C27H30N4O.C22H28ClNO3S.C5H8O2.C2H6.CH5N.2CH4O/c1-4-19-10-13-31-17-26(28-25(31)16-19)30-14-11-20(12-15-30)22-8-9-24(29(2)3)27-21(18-32)6-5-7-23(22)27;1-5-7-17(13-22(2,3)4)24-16-9-6-8-15(12-16)21-19(23)20(27-11-10-25)18(14-26)28-21;6-4-2-1-3-5-7;4*1-2/h5-10,13,16-18,20H,4,11-12,14-15H2,1-3H3;6,8-10,12,14,17,24H,5,7,11,13H2,1-4H3;4-5H,1-3H2;1-2H3;2H2,1H3;2*2H,1H3. The van der Waals surface area contributed by atoms with E-state index in [9.17, 15) is 24.0 Å². The van der Waals surface area contributed by atoms with Crippen molar-refractivity contribution in [3.63, 3.8) is 0 Å². The van der Waals surface area contributed by atoms with Gasteiger partial charge in [-0.05, 0) is 109 Å². The summed E-state index contributed by atoms with van der Waals surface area (Å²) < 4.78 is 7.48. The number of nitrogens with two attached hydrogens (primary N) is 1. The quantitative estimate of drug-likeness (QED) is 0.0442. The number of halogens is 1. The number of pyridine rings is 1. The summed E-state index contributed by atoms with van der Waals surface area (Å²) in [5, 5.41) is 20.3. The first kappa shape index (κ1) is 67.0. The molecule has 1 atom stereocenters. The lowest BCUT2D eigenvalue weighted by Crippen LogP contribution is -2.33. The number of aromatic nitrogens is 2. The van der Waals surface area contributed by atoms with E-state index in [1.54, 1.807) is 0 Å². The number of carbonyl (C=O) groups is 5. The fourth-order valence-electron chi connectivity index (χ4n) is 8.58. The fraction of sp³-hybridized carbons (Fsp3) is 0.458. The van der Waals surface area contributed by atoms with Crippen LogP contribution in [0.25, 0.3) is 26.9 Å². The number of aliphatic hydroxyl groups is 2. The Balaban J connectivity index is 0.000000599. The van der Waals surface area contributed by atoms with Crippen molar-refractivity contribution in [1.29, 1.82) is 0 Å². The zero-order valence-corrected chi connectivity index (χ0v) is 48.1. The van der Waals surface area contributed by atoms with Crippen LogP contribution in [0.1, 0.15) is 137 Å². The van der Waals surface area contributed by atoms with Crippen LogP contribution in [0.4, 0.5) is 17.2 Å². The molecule has 3 aromatic heterocycles. The molecular formula is C59H85ClN6O8S. The number of aryl methyl sites for hydroxylation is 1. The molecule has 1 aliphatic heterocycles. The lowest BCUT2D eigenvalue weighted by atomic mass is 9.85. The third-order valence-electron chi connectivity index (χ3n) is 11.7. The van der Waals surface area contributed by atoms with Gasteiger partial charge in [-0.15, -0.1) is 11.3 Å². The van der Waals surface area contributed by atoms with Crippen LogP contribution in [0, 0.1) is 5.41 Å². The number of unbranched alkanes of at least 4 members (excludes halogenated alkanes) is 2. The third-order valence-corrected chi connectivity index (χ3v) is 13.4. The third kappa shape index (κ3) is 20.6. The molecule has 0 amide bonds. The first-order valence-electron chi connectivity index (χ1n) is 25.7. The van der Waals surface area contributed by atoms with Crippen molar-refractivity contribution in [3.8, 4) is 16.2 Å². The van der Waals surface area contributed by atoms with Crippen LogP contribution in [0.3, 0.4) is 0 Å². The van der Waals surface area contributed by atoms with Crippen molar-refractivity contribution in [2.45, 2.75) is 118 Å². The SMILES string of the molecule is CC.CCCC(CC(C)(C)C)Nc1cccc(-c2sc(C=O)c(OCC=O)c2Cl)c1.CCc1ccn2cc(N3CCC(c4ccc(N(C)C)c5c(C=O)cccc45)CC3)nc2c1.CN.CO.CO.O=CCCCC=O. The van der Waals surface area contributed by atoms with Crippen molar-refractivity contribution < 1.29 is 38.9 Å². The van der Waals surface area contributed by atoms with Gasteiger partial charge in [-0.25, -0.2) is 4.98 Å². The minimum absolute atomic E-state index is 0.135. The van der Waals surface area contributed by atoms with Crippen LogP contribution >= 0.6 is 22.9 Å². The summed E-state index contributed by atoms with van der Waals surface area (Å²) in [6.45, 7) is 17.0. The molecule has 1 saturated heterocycles. The van der Waals surface area contributed by atoms with Crippen molar-refractivity contribution in [2.24, 2.45) is 11.1 Å². The summed E-state index contributed by atoms with van der Waals surface area (Å²) >= 11 is 7.73. The highest BCUT2D eigenvalue weighted by Crippen LogP contribution is 2.45. The number of benzene rings is 3. The highest BCUT2D eigenvalue weighted by atomic mass is 35.5. The molecule has 6 aromatic rings. The number of fused-ring (bicyclic) bond motifs is 2. The van der Waals surface area contributed by atoms with Crippen LogP contribution in [0.15, 0.2) is 79.1 Å². The Morgan fingerprint density at radius 2 is 1.55 bits per heavy atom. The Bertz CT molecular complexity index is 2590. The van der Waals surface area contributed by atoms with E-state index in [1.807, 2.05) is 64.3 Å². The Morgan fingerprint density at radius 1 is 0.893 bits per heavy atom. The number of aldehydes is 5. The number of aliphatic hydroxyl groups excluding tert-OH is 2. The Morgan fingerprint density at radius 3 is 2.11 bits per heavy atom. The van der Waals surface area contributed by atoms with Gasteiger partial charge < -0.3 is 49.8 Å². The number of carbonyl (C=O) groups excluding carboxylic acids is 5. The van der Waals surface area contributed by atoms with Crippen molar-refractivity contribution in [1.82, 2.24) is 9.38 Å². The number of anilines is 3. The Kier molecular flexibility index (Phi) is 33.0. The van der Waals surface area contributed by atoms with E-state index in [-0.39, 0.29) is 17.8 Å². The predicted octanol–water partition coefficient (Wildman–Crippen LogP) is 12.2. The second-order valence-electron chi connectivity index (χ2n) is 18.2. The first-order valence-corrected chi connectivity index (χ1v) is 26.9. The smallest absolute Gasteiger partial charge is 0.163 e. The predicted molar refractivity (Wildman–Crippen MR) is 314 cm³/mol. The minimum Gasteiger partial charge on any atom is -0.483 e. The van der Waals surface area contributed by atoms with Gasteiger partial charge in [-0.3, -0.25) is 14.4 Å². The number of nitrogens with one attached hydrogen (secondary N) is 1. The van der Waals surface area contributed by atoms with E-state index >= 15 is 0 Å². The van der Waals surface area contributed by atoms with E-state index in [0.717, 1.165) is 129 Å². The summed E-state index contributed by atoms with van der Waals surface area (Å²) in [6, 6.07) is 23.3. The van der Waals surface area contributed by atoms with Gasteiger partial charge >= 0.3 is 0 Å². The molecule has 75 heavy (non-hydrogen) atoms. The van der Waals surface area contributed by atoms with Gasteiger partial charge in [-0.1, -0.05) is 103 Å². The number of hydrogen-bond acceptors (Lipinski definition) is 14. The summed E-state index contributed by atoms with van der Waals surface area (Å²) in [6.07, 6.45) is 16.4. The largest absolute Gasteiger partial charge is 0.483 e. The molecule has 1 fully saturated rings.